The van der Waals surface area contributed by atoms with E-state index < -0.39 is 0 Å². The van der Waals surface area contributed by atoms with E-state index in [1.807, 2.05) is 44.2 Å². The maximum Gasteiger partial charge on any atom is 0.276 e. The number of benzene rings is 1. The number of para-hydroxylation sites is 1. The molecule has 1 fully saturated rings. The molecule has 1 aliphatic rings. The molecule has 1 aromatic carbocycles. The summed E-state index contributed by atoms with van der Waals surface area (Å²) in [5, 5.41) is 5.86. The van der Waals surface area contributed by atoms with E-state index in [9.17, 15) is 4.79 Å². The van der Waals surface area contributed by atoms with Gasteiger partial charge in [-0.05, 0) is 45.2 Å². The zero-order valence-electron chi connectivity index (χ0n) is 16.1. The second kappa shape index (κ2) is 7.19. The van der Waals surface area contributed by atoms with Crippen molar-refractivity contribution >= 4 is 10.8 Å². The fourth-order valence-corrected chi connectivity index (χ4v) is 3.93. The molecular formula is C21H25N3O3. The minimum atomic E-state index is -0.110. The fourth-order valence-electron chi connectivity index (χ4n) is 3.93. The van der Waals surface area contributed by atoms with E-state index in [0.717, 1.165) is 48.3 Å². The summed E-state index contributed by atoms with van der Waals surface area (Å²) in [6.45, 7) is 5.22. The molecule has 6 nitrogen and oxygen atoms in total. The molecule has 3 aromatic rings. The van der Waals surface area contributed by atoms with Gasteiger partial charge in [0.1, 0.15) is 6.61 Å². The molecule has 142 valence electrons. The van der Waals surface area contributed by atoms with Crippen molar-refractivity contribution in [3.63, 3.8) is 0 Å². The molecule has 27 heavy (non-hydrogen) atoms. The van der Waals surface area contributed by atoms with Crippen molar-refractivity contribution in [3.05, 3.63) is 52.1 Å². The lowest BCUT2D eigenvalue weighted by Gasteiger charge is -2.22. The highest BCUT2D eigenvalue weighted by Gasteiger charge is 2.23. The summed E-state index contributed by atoms with van der Waals surface area (Å²) in [7, 11) is 1.67. The lowest BCUT2D eigenvalue weighted by molar-refractivity contribution is -0.0119. The molecule has 1 atom stereocenters. The molecule has 0 saturated carbocycles. The third-order valence-corrected chi connectivity index (χ3v) is 5.30. The van der Waals surface area contributed by atoms with Gasteiger partial charge in [0.2, 0.25) is 5.88 Å². The van der Waals surface area contributed by atoms with Crippen LogP contribution in [0.3, 0.4) is 0 Å². The van der Waals surface area contributed by atoms with Crippen LogP contribution in [0.4, 0.5) is 0 Å². The van der Waals surface area contributed by atoms with E-state index >= 15 is 0 Å². The monoisotopic (exact) mass is 367 g/mol. The number of ether oxygens (including phenoxy) is 2. The van der Waals surface area contributed by atoms with Gasteiger partial charge in [0.15, 0.2) is 0 Å². The molecule has 0 radical (unpaired) electrons. The maximum atomic E-state index is 12.8. The average Bonchev–Trinajstić information content (AvgIpc) is 2.96. The molecule has 3 heterocycles. The number of nitrogens with zero attached hydrogens (tertiary/aromatic N) is 3. The molecule has 4 rings (SSSR count). The topological polar surface area (TPSA) is 58.3 Å². The van der Waals surface area contributed by atoms with Gasteiger partial charge in [-0.2, -0.15) is 0 Å². The van der Waals surface area contributed by atoms with Crippen molar-refractivity contribution in [2.24, 2.45) is 7.05 Å². The van der Waals surface area contributed by atoms with Crippen LogP contribution in [-0.4, -0.2) is 33.7 Å². The van der Waals surface area contributed by atoms with Gasteiger partial charge >= 0.3 is 0 Å². The first-order valence-corrected chi connectivity index (χ1v) is 9.46. The molecule has 0 bridgehead atoms. The van der Waals surface area contributed by atoms with Crippen LogP contribution < -0.4 is 10.3 Å². The van der Waals surface area contributed by atoms with Gasteiger partial charge in [-0.1, -0.05) is 18.2 Å². The Hall–Kier alpha value is -2.60. The Morgan fingerprint density at radius 1 is 1.15 bits per heavy atom. The Bertz CT molecular complexity index is 1010. The largest absolute Gasteiger partial charge is 0.473 e. The van der Waals surface area contributed by atoms with Crippen LogP contribution in [-0.2, 0) is 11.8 Å². The third-order valence-electron chi connectivity index (χ3n) is 5.30. The molecule has 2 aromatic heterocycles. The SMILES string of the molecule is Cc1c2c(OCC3CCCCO3)nn(C)c(=O)c2c(C)n1-c1ccccc1. The van der Waals surface area contributed by atoms with Crippen molar-refractivity contribution in [1.29, 1.82) is 0 Å². The summed E-state index contributed by atoms with van der Waals surface area (Å²) in [5.41, 5.74) is 2.77. The normalized spacial score (nSPS) is 17.4. The first kappa shape index (κ1) is 17.8. The van der Waals surface area contributed by atoms with Crippen LogP contribution in [0.25, 0.3) is 16.5 Å². The smallest absolute Gasteiger partial charge is 0.276 e. The van der Waals surface area contributed by atoms with Gasteiger partial charge in [0.05, 0.1) is 16.9 Å². The third kappa shape index (κ3) is 3.14. The second-order valence-corrected chi connectivity index (χ2v) is 7.13. The zero-order chi connectivity index (χ0) is 19.0. The highest BCUT2D eigenvalue weighted by Crippen LogP contribution is 2.32. The number of aromatic nitrogens is 3. The van der Waals surface area contributed by atoms with E-state index in [0.29, 0.717) is 17.9 Å². The number of rotatable bonds is 4. The molecule has 0 spiro atoms. The predicted molar refractivity (Wildman–Crippen MR) is 105 cm³/mol. The van der Waals surface area contributed by atoms with Gasteiger partial charge in [-0.3, -0.25) is 4.79 Å². The van der Waals surface area contributed by atoms with Crippen LogP contribution in [0.15, 0.2) is 35.1 Å². The quantitative estimate of drug-likeness (QED) is 0.710. The van der Waals surface area contributed by atoms with Crippen molar-refractivity contribution in [1.82, 2.24) is 14.3 Å². The van der Waals surface area contributed by atoms with Gasteiger partial charge in [-0.15, -0.1) is 5.10 Å². The Morgan fingerprint density at radius 3 is 2.59 bits per heavy atom. The Kier molecular flexibility index (Phi) is 4.74. The molecule has 0 aliphatic carbocycles. The number of hydrogen-bond donors (Lipinski definition) is 0. The molecule has 0 N–H and O–H groups in total. The first-order valence-electron chi connectivity index (χ1n) is 9.46. The van der Waals surface area contributed by atoms with Crippen molar-refractivity contribution in [2.75, 3.05) is 13.2 Å². The molecule has 1 unspecified atom stereocenters. The minimum absolute atomic E-state index is 0.0884. The Balaban J connectivity index is 1.82. The van der Waals surface area contributed by atoms with Gasteiger partial charge < -0.3 is 14.0 Å². The van der Waals surface area contributed by atoms with E-state index in [2.05, 4.69) is 9.67 Å². The summed E-state index contributed by atoms with van der Waals surface area (Å²) in [6, 6.07) is 10.0. The highest BCUT2D eigenvalue weighted by atomic mass is 16.5. The molecular weight excluding hydrogens is 342 g/mol. The van der Waals surface area contributed by atoms with Crippen molar-refractivity contribution in [3.8, 4) is 11.6 Å². The van der Waals surface area contributed by atoms with Crippen LogP contribution in [0.1, 0.15) is 30.7 Å². The summed E-state index contributed by atoms with van der Waals surface area (Å²) in [6.07, 6.45) is 3.35. The van der Waals surface area contributed by atoms with Crippen LogP contribution in [0.2, 0.25) is 0 Å². The van der Waals surface area contributed by atoms with Crippen LogP contribution >= 0.6 is 0 Å². The maximum absolute atomic E-state index is 12.8. The zero-order valence-corrected chi connectivity index (χ0v) is 16.1. The number of aryl methyl sites for hydroxylation is 3. The van der Waals surface area contributed by atoms with Crippen LogP contribution in [0.5, 0.6) is 5.88 Å². The summed E-state index contributed by atoms with van der Waals surface area (Å²) in [4.78, 5) is 12.8. The van der Waals surface area contributed by atoms with Gasteiger partial charge in [-0.25, -0.2) is 4.68 Å². The minimum Gasteiger partial charge on any atom is -0.473 e. The summed E-state index contributed by atoms with van der Waals surface area (Å²) in [5.74, 6) is 0.497. The Labute approximate surface area is 158 Å². The van der Waals surface area contributed by atoms with E-state index in [4.69, 9.17) is 9.47 Å². The standard InChI is InChI=1S/C21H25N3O3/c1-14-18-19(15(2)24(14)16-9-5-4-6-10-16)21(25)23(3)22-20(18)27-13-17-11-7-8-12-26-17/h4-6,9-10,17H,7-8,11-13H2,1-3H3. The van der Waals surface area contributed by atoms with Gasteiger partial charge in [0, 0.05) is 30.7 Å². The van der Waals surface area contributed by atoms with E-state index in [-0.39, 0.29) is 11.7 Å². The predicted octanol–water partition coefficient (Wildman–Crippen LogP) is 3.29. The highest BCUT2D eigenvalue weighted by molar-refractivity contribution is 5.92. The summed E-state index contributed by atoms with van der Waals surface area (Å²) >= 11 is 0. The summed E-state index contributed by atoms with van der Waals surface area (Å²) < 4.78 is 15.3. The first-order chi connectivity index (χ1) is 13.1. The molecule has 1 saturated heterocycles. The molecule has 1 aliphatic heterocycles. The van der Waals surface area contributed by atoms with E-state index in [1.165, 1.54) is 4.68 Å². The van der Waals surface area contributed by atoms with E-state index in [1.54, 1.807) is 7.05 Å². The lowest BCUT2D eigenvalue weighted by atomic mass is 10.1. The number of fused-ring (bicyclic) bond motifs is 1. The van der Waals surface area contributed by atoms with Crippen molar-refractivity contribution in [2.45, 2.75) is 39.2 Å². The van der Waals surface area contributed by atoms with Crippen LogP contribution in [0, 0.1) is 13.8 Å². The lowest BCUT2D eigenvalue weighted by Crippen LogP contribution is -2.27. The number of hydrogen-bond acceptors (Lipinski definition) is 4. The average molecular weight is 367 g/mol. The molecule has 6 heteroatoms. The Morgan fingerprint density at radius 2 is 1.89 bits per heavy atom. The van der Waals surface area contributed by atoms with Gasteiger partial charge in [0.25, 0.3) is 5.56 Å². The van der Waals surface area contributed by atoms with Crippen molar-refractivity contribution < 1.29 is 9.47 Å². The fraction of sp³-hybridized carbons (Fsp3) is 0.429. The second-order valence-electron chi connectivity index (χ2n) is 7.13. The molecule has 0 amide bonds.